The molecule has 0 aliphatic heterocycles. The highest BCUT2D eigenvalue weighted by Gasteiger charge is 2.00. The smallest absolute Gasteiger partial charge is 0.119 e. The van der Waals surface area contributed by atoms with Crippen molar-refractivity contribution in [1.29, 1.82) is 0 Å². The first-order chi connectivity index (χ1) is 9.20. The van der Waals surface area contributed by atoms with E-state index in [-0.39, 0.29) is 0 Å². The van der Waals surface area contributed by atoms with Gasteiger partial charge in [0.05, 0.1) is 0 Å². The molecule has 0 unspecified atom stereocenters. The number of rotatable bonds is 5. The second-order valence-corrected chi connectivity index (χ2v) is 4.60. The lowest BCUT2D eigenvalue weighted by atomic mass is 10.1. The predicted molar refractivity (Wildman–Crippen MR) is 80.8 cm³/mol. The maximum Gasteiger partial charge on any atom is 0.119 e. The van der Waals surface area contributed by atoms with E-state index in [4.69, 9.17) is 10.5 Å². The van der Waals surface area contributed by atoms with Crippen LogP contribution in [0.15, 0.2) is 48.5 Å². The number of anilines is 1. The summed E-state index contributed by atoms with van der Waals surface area (Å²) in [6, 6.07) is 16.6. The molecule has 0 amide bonds. The third-order valence-electron chi connectivity index (χ3n) is 2.96. The average molecular weight is 256 g/mol. The first kappa shape index (κ1) is 13.4. The summed E-state index contributed by atoms with van der Waals surface area (Å²) in [5.41, 5.74) is 9.00. The lowest BCUT2D eigenvalue weighted by Gasteiger charge is -2.13. The number of benzene rings is 2. The third kappa shape index (κ3) is 3.48. The molecule has 100 valence electrons. The molecule has 0 saturated heterocycles. The first-order valence-electron chi connectivity index (χ1n) is 6.41. The van der Waals surface area contributed by atoms with Crippen LogP contribution in [-0.4, -0.2) is 27.2 Å². The Hall–Kier alpha value is -2.00. The van der Waals surface area contributed by atoms with Gasteiger partial charge in [0.25, 0.3) is 0 Å². The Morgan fingerprint density at radius 3 is 1.89 bits per heavy atom. The van der Waals surface area contributed by atoms with Crippen molar-refractivity contribution >= 4 is 5.69 Å². The van der Waals surface area contributed by atoms with Crippen LogP contribution in [-0.2, 0) is 0 Å². The lowest BCUT2D eigenvalue weighted by molar-refractivity contribution is 0.328. The molecule has 3 nitrogen and oxygen atoms in total. The van der Waals surface area contributed by atoms with Gasteiger partial charge in [0.15, 0.2) is 0 Å². The summed E-state index contributed by atoms with van der Waals surface area (Å²) in [5.74, 6) is 0.860. The van der Waals surface area contributed by atoms with Gasteiger partial charge in [-0.15, -0.1) is 0 Å². The maximum absolute atomic E-state index is 5.46. The number of nitrogens with zero attached hydrogens (tertiary/aromatic N) is 1. The first-order valence-corrected chi connectivity index (χ1v) is 6.41. The summed E-state index contributed by atoms with van der Waals surface area (Å²) in [5, 5.41) is 0. The molecular weight excluding hydrogens is 236 g/mol. The molecule has 3 heteroatoms. The van der Waals surface area contributed by atoms with Crippen molar-refractivity contribution in [2.45, 2.75) is 0 Å². The summed E-state index contributed by atoms with van der Waals surface area (Å²) in [6.07, 6.45) is 0. The zero-order valence-corrected chi connectivity index (χ0v) is 11.5. The Kier molecular flexibility index (Phi) is 4.42. The maximum atomic E-state index is 5.46. The monoisotopic (exact) mass is 256 g/mol. The van der Waals surface area contributed by atoms with Crippen LogP contribution in [0.3, 0.4) is 0 Å². The fourth-order valence-corrected chi connectivity index (χ4v) is 1.87. The van der Waals surface area contributed by atoms with E-state index >= 15 is 0 Å². The molecule has 0 atom stereocenters. The zero-order valence-electron chi connectivity index (χ0n) is 11.5. The zero-order chi connectivity index (χ0) is 13.7. The van der Waals surface area contributed by atoms with Gasteiger partial charge in [-0.05, 0) is 35.4 Å². The topological polar surface area (TPSA) is 38.5 Å². The van der Waals surface area contributed by atoms with Crippen LogP contribution in [0.1, 0.15) is 0 Å². The number of hydrogen-bond donors (Lipinski definition) is 1. The van der Waals surface area contributed by atoms with Crippen LogP contribution in [0, 0.1) is 0 Å². The van der Waals surface area contributed by atoms with Crippen molar-refractivity contribution in [2.24, 2.45) is 5.73 Å². The van der Waals surface area contributed by atoms with E-state index in [1.807, 2.05) is 26.2 Å². The van der Waals surface area contributed by atoms with E-state index in [9.17, 15) is 0 Å². The van der Waals surface area contributed by atoms with Crippen molar-refractivity contribution in [1.82, 2.24) is 0 Å². The van der Waals surface area contributed by atoms with E-state index in [2.05, 4.69) is 41.3 Å². The molecule has 2 aromatic rings. The minimum atomic E-state index is 0.535. The van der Waals surface area contributed by atoms with Gasteiger partial charge in [-0.25, -0.2) is 0 Å². The summed E-state index contributed by atoms with van der Waals surface area (Å²) in [7, 11) is 4.08. The van der Waals surface area contributed by atoms with Gasteiger partial charge >= 0.3 is 0 Å². The standard InChI is InChI=1S/C16H20N2O/c1-18(2)15-7-3-13(4-8-15)14-5-9-16(10-6-14)19-12-11-17/h3-10H,11-12,17H2,1-2H3. The van der Waals surface area contributed by atoms with E-state index in [0.29, 0.717) is 13.2 Å². The molecule has 0 aliphatic rings. The highest BCUT2D eigenvalue weighted by Crippen LogP contribution is 2.24. The molecule has 0 heterocycles. The molecule has 2 aromatic carbocycles. The van der Waals surface area contributed by atoms with Crippen LogP contribution in [0.4, 0.5) is 5.69 Å². The van der Waals surface area contributed by atoms with Crippen LogP contribution in [0.5, 0.6) is 5.75 Å². The Morgan fingerprint density at radius 1 is 0.895 bits per heavy atom. The van der Waals surface area contributed by atoms with Gasteiger partial charge in [0.1, 0.15) is 12.4 Å². The highest BCUT2D eigenvalue weighted by molar-refractivity contribution is 5.66. The number of ether oxygens (including phenoxy) is 1. The van der Waals surface area contributed by atoms with E-state index in [1.165, 1.54) is 16.8 Å². The minimum Gasteiger partial charge on any atom is -0.492 e. The Bertz CT molecular complexity index is 503. The van der Waals surface area contributed by atoms with Gasteiger partial charge < -0.3 is 15.4 Å². The second kappa shape index (κ2) is 6.25. The van der Waals surface area contributed by atoms with Gasteiger partial charge in [0.2, 0.25) is 0 Å². The largest absolute Gasteiger partial charge is 0.492 e. The van der Waals surface area contributed by atoms with Gasteiger partial charge in [-0.3, -0.25) is 0 Å². The van der Waals surface area contributed by atoms with Crippen molar-refractivity contribution < 1.29 is 4.74 Å². The molecule has 0 saturated carbocycles. The van der Waals surface area contributed by atoms with Crippen molar-refractivity contribution in [2.75, 3.05) is 32.1 Å². The number of hydrogen-bond acceptors (Lipinski definition) is 3. The molecule has 2 rings (SSSR count). The fourth-order valence-electron chi connectivity index (χ4n) is 1.87. The third-order valence-corrected chi connectivity index (χ3v) is 2.96. The Balaban J connectivity index is 2.13. The van der Waals surface area contributed by atoms with E-state index in [0.717, 1.165) is 5.75 Å². The Morgan fingerprint density at radius 2 is 1.42 bits per heavy atom. The summed E-state index contributed by atoms with van der Waals surface area (Å²) in [6.45, 7) is 1.09. The minimum absolute atomic E-state index is 0.535. The van der Waals surface area contributed by atoms with Gasteiger partial charge in [0, 0.05) is 26.3 Å². The van der Waals surface area contributed by atoms with E-state index < -0.39 is 0 Å². The molecule has 0 bridgehead atoms. The normalized spacial score (nSPS) is 10.3. The molecular formula is C16H20N2O. The fraction of sp³-hybridized carbons (Fsp3) is 0.250. The van der Waals surface area contributed by atoms with Crippen LogP contribution in [0.2, 0.25) is 0 Å². The summed E-state index contributed by atoms with van der Waals surface area (Å²) < 4.78 is 5.46. The van der Waals surface area contributed by atoms with Crippen molar-refractivity contribution in [3.63, 3.8) is 0 Å². The lowest BCUT2D eigenvalue weighted by Crippen LogP contribution is -2.10. The molecule has 0 aromatic heterocycles. The van der Waals surface area contributed by atoms with Crippen LogP contribution >= 0.6 is 0 Å². The average Bonchev–Trinajstić information content (AvgIpc) is 2.46. The van der Waals surface area contributed by atoms with Crippen molar-refractivity contribution in [3.05, 3.63) is 48.5 Å². The van der Waals surface area contributed by atoms with Crippen LogP contribution < -0.4 is 15.4 Å². The highest BCUT2D eigenvalue weighted by atomic mass is 16.5. The van der Waals surface area contributed by atoms with Crippen LogP contribution in [0.25, 0.3) is 11.1 Å². The molecule has 0 aliphatic carbocycles. The molecule has 2 N–H and O–H groups in total. The number of nitrogens with two attached hydrogens (primary N) is 1. The SMILES string of the molecule is CN(C)c1ccc(-c2ccc(OCCN)cc2)cc1. The van der Waals surface area contributed by atoms with Gasteiger partial charge in [-0.1, -0.05) is 24.3 Å². The second-order valence-electron chi connectivity index (χ2n) is 4.60. The molecule has 0 radical (unpaired) electrons. The Labute approximate surface area is 114 Å². The van der Waals surface area contributed by atoms with E-state index in [1.54, 1.807) is 0 Å². The summed E-state index contributed by atoms with van der Waals surface area (Å²) in [4.78, 5) is 2.09. The molecule has 19 heavy (non-hydrogen) atoms. The van der Waals surface area contributed by atoms with Gasteiger partial charge in [-0.2, -0.15) is 0 Å². The summed E-state index contributed by atoms with van der Waals surface area (Å²) >= 11 is 0. The molecule has 0 fully saturated rings. The quantitative estimate of drug-likeness (QED) is 0.894. The van der Waals surface area contributed by atoms with Crippen molar-refractivity contribution in [3.8, 4) is 16.9 Å². The molecule has 0 spiro atoms. The predicted octanol–water partition coefficient (Wildman–Crippen LogP) is 2.76.